The van der Waals surface area contributed by atoms with Crippen LogP contribution in [0.15, 0.2) is 78.9 Å². The van der Waals surface area contributed by atoms with Crippen LogP contribution < -0.4 is 10.6 Å². The molecular weight excluding hydrogens is 380 g/mol. The first-order valence-electron chi connectivity index (χ1n) is 11.3. The molecule has 0 spiro atoms. The van der Waals surface area contributed by atoms with E-state index in [4.69, 9.17) is 5.73 Å². The lowest BCUT2D eigenvalue weighted by atomic mass is 9.88. The van der Waals surface area contributed by atoms with E-state index in [9.17, 15) is 5.11 Å². The Balaban J connectivity index is 1.72. The Morgan fingerprint density at radius 1 is 0.839 bits per heavy atom. The SMILES string of the molecule is CCC(=C(c1ccc(O)cc1)c1ccc(N2CCC(CN)CC2)cc1)c1ccccc1. The molecule has 0 aromatic heterocycles. The largest absolute Gasteiger partial charge is 0.508 e. The van der Waals surface area contributed by atoms with E-state index in [0.29, 0.717) is 5.92 Å². The van der Waals surface area contributed by atoms with Gasteiger partial charge in [0.25, 0.3) is 0 Å². The van der Waals surface area contributed by atoms with Crippen LogP contribution in [0.3, 0.4) is 0 Å². The summed E-state index contributed by atoms with van der Waals surface area (Å²) in [5.74, 6) is 0.953. The molecule has 0 radical (unpaired) electrons. The van der Waals surface area contributed by atoms with Crippen LogP contribution in [0.25, 0.3) is 11.1 Å². The van der Waals surface area contributed by atoms with Gasteiger partial charge in [-0.2, -0.15) is 0 Å². The lowest BCUT2D eigenvalue weighted by molar-refractivity contribution is 0.414. The summed E-state index contributed by atoms with van der Waals surface area (Å²) in [7, 11) is 0. The number of benzene rings is 3. The van der Waals surface area contributed by atoms with E-state index in [2.05, 4.69) is 66.4 Å². The first kappa shape index (κ1) is 21.2. The summed E-state index contributed by atoms with van der Waals surface area (Å²) in [6.45, 7) is 5.16. The minimum atomic E-state index is 0.289. The van der Waals surface area contributed by atoms with Gasteiger partial charge in [-0.25, -0.2) is 0 Å². The summed E-state index contributed by atoms with van der Waals surface area (Å²) in [4.78, 5) is 2.47. The van der Waals surface area contributed by atoms with Gasteiger partial charge in [0.1, 0.15) is 5.75 Å². The van der Waals surface area contributed by atoms with Crippen molar-refractivity contribution in [2.24, 2.45) is 11.7 Å². The Morgan fingerprint density at radius 2 is 1.42 bits per heavy atom. The number of anilines is 1. The Kier molecular flexibility index (Phi) is 6.73. The molecule has 1 aliphatic rings. The standard InChI is InChI=1S/C28H32N2O/c1-2-27(22-6-4-3-5-7-22)28(24-10-14-26(31)15-11-24)23-8-12-25(13-9-23)30-18-16-21(20-29)17-19-30/h3-15,21,31H,2,16-20,29H2,1H3. The van der Waals surface area contributed by atoms with Crippen LogP contribution in [0.1, 0.15) is 42.9 Å². The minimum Gasteiger partial charge on any atom is -0.508 e. The third-order valence-corrected chi connectivity index (χ3v) is 6.40. The summed E-state index contributed by atoms with van der Waals surface area (Å²) in [6.07, 6.45) is 3.27. The molecule has 3 N–H and O–H groups in total. The topological polar surface area (TPSA) is 49.5 Å². The van der Waals surface area contributed by atoms with Gasteiger partial charge < -0.3 is 15.7 Å². The summed E-state index contributed by atoms with van der Waals surface area (Å²) >= 11 is 0. The van der Waals surface area contributed by atoms with Crippen LogP contribution in [0.2, 0.25) is 0 Å². The second-order valence-corrected chi connectivity index (χ2v) is 8.33. The van der Waals surface area contributed by atoms with Crippen molar-refractivity contribution in [3.63, 3.8) is 0 Å². The second-order valence-electron chi connectivity index (χ2n) is 8.33. The van der Waals surface area contributed by atoms with E-state index < -0.39 is 0 Å². The molecule has 4 rings (SSSR count). The van der Waals surface area contributed by atoms with E-state index in [1.165, 1.54) is 40.8 Å². The third-order valence-electron chi connectivity index (χ3n) is 6.40. The van der Waals surface area contributed by atoms with Crippen LogP contribution in [-0.2, 0) is 0 Å². The monoisotopic (exact) mass is 412 g/mol. The van der Waals surface area contributed by atoms with Crippen LogP contribution in [0, 0.1) is 5.92 Å². The molecule has 1 aliphatic heterocycles. The second kappa shape index (κ2) is 9.84. The number of phenolic OH excluding ortho intramolecular Hbond substituents is 1. The third kappa shape index (κ3) is 4.83. The number of piperidine rings is 1. The number of nitrogens with zero attached hydrogens (tertiary/aromatic N) is 1. The predicted molar refractivity (Wildman–Crippen MR) is 131 cm³/mol. The number of phenols is 1. The van der Waals surface area contributed by atoms with Gasteiger partial charge in [-0.05, 0) is 83.8 Å². The van der Waals surface area contributed by atoms with Gasteiger partial charge in [0.15, 0.2) is 0 Å². The Morgan fingerprint density at radius 3 is 1.97 bits per heavy atom. The average molecular weight is 413 g/mol. The number of hydrogen-bond donors (Lipinski definition) is 2. The van der Waals surface area contributed by atoms with Crippen molar-refractivity contribution in [1.82, 2.24) is 0 Å². The lowest BCUT2D eigenvalue weighted by Gasteiger charge is -2.33. The van der Waals surface area contributed by atoms with Crippen molar-refractivity contribution in [2.75, 3.05) is 24.5 Å². The summed E-state index contributed by atoms with van der Waals surface area (Å²) in [6, 6.07) is 27.1. The highest BCUT2D eigenvalue weighted by Gasteiger charge is 2.19. The molecule has 3 aromatic carbocycles. The Labute approximate surface area is 185 Å². The molecule has 0 unspecified atom stereocenters. The normalized spacial score (nSPS) is 15.6. The van der Waals surface area contributed by atoms with Gasteiger partial charge >= 0.3 is 0 Å². The molecular formula is C28H32N2O. The van der Waals surface area contributed by atoms with Crippen molar-refractivity contribution in [3.8, 4) is 5.75 Å². The molecule has 1 fully saturated rings. The van der Waals surface area contributed by atoms with Crippen LogP contribution in [0.5, 0.6) is 5.75 Å². The Bertz CT molecular complexity index is 999. The lowest BCUT2D eigenvalue weighted by Crippen LogP contribution is -2.36. The molecule has 0 amide bonds. The summed E-state index contributed by atoms with van der Waals surface area (Å²) in [5, 5.41) is 9.81. The van der Waals surface area contributed by atoms with E-state index in [1.807, 2.05) is 12.1 Å². The van der Waals surface area contributed by atoms with Gasteiger partial charge in [0, 0.05) is 18.8 Å². The highest BCUT2D eigenvalue weighted by molar-refractivity contribution is 5.98. The highest BCUT2D eigenvalue weighted by Crippen LogP contribution is 2.36. The minimum absolute atomic E-state index is 0.289. The highest BCUT2D eigenvalue weighted by atomic mass is 16.3. The summed E-state index contributed by atoms with van der Waals surface area (Å²) < 4.78 is 0. The summed E-state index contributed by atoms with van der Waals surface area (Å²) in [5.41, 5.74) is 13.2. The maximum Gasteiger partial charge on any atom is 0.115 e. The first-order chi connectivity index (χ1) is 15.2. The van der Waals surface area contributed by atoms with Crippen LogP contribution >= 0.6 is 0 Å². The fourth-order valence-corrected chi connectivity index (χ4v) is 4.57. The molecule has 0 aliphatic carbocycles. The van der Waals surface area contributed by atoms with Gasteiger partial charge in [-0.3, -0.25) is 0 Å². The number of aromatic hydroxyl groups is 1. The molecule has 1 saturated heterocycles. The van der Waals surface area contributed by atoms with Crippen molar-refractivity contribution in [2.45, 2.75) is 26.2 Å². The van der Waals surface area contributed by atoms with E-state index in [-0.39, 0.29) is 5.75 Å². The predicted octanol–water partition coefficient (Wildman–Crippen LogP) is 5.94. The molecule has 0 bridgehead atoms. The quantitative estimate of drug-likeness (QED) is 0.493. The smallest absolute Gasteiger partial charge is 0.115 e. The molecule has 1 heterocycles. The molecule has 160 valence electrons. The number of rotatable bonds is 6. The molecule has 3 heteroatoms. The molecule has 31 heavy (non-hydrogen) atoms. The molecule has 0 saturated carbocycles. The molecule has 0 atom stereocenters. The van der Waals surface area contributed by atoms with Crippen molar-refractivity contribution in [1.29, 1.82) is 0 Å². The zero-order valence-corrected chi connectivity index (χ0v) is 18.3. The Hall–Kier alpha value is -3.04. The zero-order valence-electron chi connectivity index (χ0n) is 18.3. The fourth-order valence-electron chi connectivity index (χ4n) is 4.57. The van der Waals surface area contributed by atoms with Gasteiger partial charge in [-0.15, -0.1) is 0 Å². The number of nitrogens with two attached hydrogens (primary N) is 1. The molecule has 3 aromatic rings. The zero-order chi connectivity index (χ0) is 21.6. The van der Waals surface area contributed by atoms with Gasteiger partial charge in [-0.1, -0.05) is 61.5 Å². The average Bonchev–Trinajstić information content (AvgIpc) is 2.84. The molecule has 3 nitrogen and oxygen atoms in total. The van der Waals surface area contributed by atoms with E-state index >= 15 is 0 Å². The van der Waals surface area contributed by atoms with Crippen LogP contribution in [-0.4, -0.2) is 24.7 Å². The van der Waals surface area contributed by atoms with Crippen LogP contribution in [0.4, 0.5) is 5.69 Å². The van der Waals surface area contributed by atoms with Crippen molar-refractivity contribution in [3.05, 3.63) is 95.6 Å². The maximum atomic E-state index is 9.81. The van der Waals surface area contributed by atoms with E-state index in [1.54, 1.807) is 12.1 Å². The van der Waals surface area contributed by atoms with E-state index in [0.717, 1.165) is 31.6 Å². The van der Waals surface area contributed by atoms with Gasteiger partial charge in [0.05, 0.1) is 0 Å². The number of allylic oxidation sites excluding steroid dienone is 1. The fraction of sp³-hybridized carbons (Fsp3) is 0.286. The van der Waals surface area contributed by atoms with Crippen molar-refractivity contribution < 1.29 is 5.11 Å². The van der Waals surface area contributed by atoms with Gasteiger partial charge in [0.2, 0.25) is 0 Å². The maximum absolute atomic E-state index is 9.81. The van der Waals surface area contributed by atoms with Crippen molar-refractivity contribution >= 4 is 16.8 Å². The number of hydrogen-bond acceptors (Lipinski definition) is 3. The first-order valence-corrected chi connectivity index (χ1v) is 11.3.